The molecule has 0 amide bonds. The van der Waals surface area contributed by atoms with E-state index in [1.54, 1.807) is 0 Å². The van der Waals surface area contributed by atoms with Gasteiger partial charge in [0.2, 0.25) is 0 Å². The van der Waals surface area contributed by atoms with Crippen LogP contribution in [0.4, 0.5) is 0 Å². The van der Waals surface area contributed by atoms with Gasteiger partial charge in [-0.15, -0.1) is 0 Å². The highest BCUT2D eigenvalue weighted by atomic mass is 79.9. The fourth-order valence-corrected chi connectivity index (χ4v) is 2.36. The second-order valence-corrected chi connectivity index (χ2v) is 5.65. The fraction of sp³-hybridized carbons (Fsp3) is 0.818. The van der Waals surface area contributed by atoms with Gasteiger partial charge in [0.1, 0.15) is 0 Å². The first-order valence-corrected chi connectivity index (χ1v) is 6.16. The van der Waals surface area contributed by atoms with Gasteiger partial charge in [-0.3, -0.25) is 4.90 Å². The minimum Gasteiger partial charge on any atom is -0.311 e. The minimum absolute atomic E-state index is 0.663. The summed E-state index contributed by atoms with van der Waals surface area (Å²) in [4.78, 5) is 2.46. The van der Waals surface area contributed by atoms with E-state index in [4.69, 9.17) is 0 Å². The monoisotopic (exact) mass is 260 g/mol. The molecular formula is C11H21BrN2. The number of rotatable bonds is 4. The SMILES string of the molecule is C=C(Br)CN1CCNC(CC(C)C)C1. The summed E-state index contributed by atoms with van der Waals surface area (Å²) >= 11 is 3.42. The quantitative estimate of drug-likeness (QED) is 0.834. The molecule has 0 spiro atoms. The van der Waals surface area contributed by atoms with Crippen molar-refractivity contribution in [1.29, 1.82) is 0 Å². The summed E-state index contributed by atoms with van der Waals surface area (Å²) in [7, 11) is 0. The summed E-state index contributed by atoms with van der Waals surface area (Å²) in [6, 6.07) is 0.663. The van der Waals surface area contributed by atoms with Crippen molar-refractivity contribution >= 4 is 15.9 Å². The van der Waals surface area contributed by atoms with E-state index in [9.17, 15) is 0 Å². The zero-order chi connectivity index (χ0) is 10.6. The highest BCUT2D eigenvalue weighted by Crippen LogP contribution is 2.11. The summed E-state index contributed by atoms with van der Waals surface area (Å²) in [6.45, 7) is 12.8. The van der Waals surface area contributed by atoms with Gasteiger partial charge in [0.05, 0.1) is 0 Å². The van der Waals surface area contributed by atoms with E-state index in [1.165, 1.54) is 6.42 Å². The first-order valence-electron chi connectivity index (χ1n) is 5.37. The van der Waals surface area contributed by atoms with Gasteiger partial charge in [0.25, 0.3) is 0 Å². The van der Waals surface area contributed by atoms with Gasteiger partial charge in [0.15, 0.2) is 0 Å². The number of hydrogen-bond donors (Lipinski definition) is 1. The molecule has 1 aliphatic heterocycles. The second kappa shape index (κ2) is 5.89. The smallest absolute Gasteiger partial charge is 0.0295 e. The molecule has 0 aromatic carbocycles. The Morgan fingerprint density at radius 2 is 2.36 bits per heavy atom. The van der Waals surface area contributed by atoms with E-state index in [2.05, 4.69) is 46.6 Å². The van der Waals surface area contributed by atoms with Crippen molar-refractivity contribution < 1.29 is 0 Å². The average molecular weight is 261 g/mol. The maximum absolute atomic E-state index is 3.89. The molecule has 1 aliphatic rings. The van der Waals surface area contributed by atoms with E-state index in [0.717, 1.165) is 36.6 Å². The molecule has 1 fully saturated rings. The number of nitrogens with zero attached hydrogens (tertiary/aromatic N) is 1. The molecule has 1 N–H and O–H groups in total. The highest BCUT2D eigenvalue weighted by molar-refractivity contribution is 9.11. The maximum Gasteiger partial charge on any atom is 0.0295 e. The van der Waals surface area contributed by atoms with Crippen LogP contribution in [-0.2, 0) is 0 Å². The zero-order valence-electron chi connectivity index (χ0n) is 9.22. The Balaban J connectivity index is 2.32. The maximum atomic E-state index is 3.89. The van der Waals surface area contributed by atoms with Crippen LogP contribution in [0.3, 0.4) is 0 Å². The predicted molar refractivity (Wildman–Crippen MR) is 65.8 cm³/mol. The lowest BCUT2D eigenvalue weighted by Gasteiger charge is -2.34. The standard InChI is InChI=1S/C11H21BrN2/c1-9(2)6-11-8-14(5-4-13-11)7-10(3)12/h9,11,13H,3-8H2,1-2H3. The van der Waals surface area contributed by atoms with Crippen molar-refractivity contribution in [3.05, 3.63) is 11.1 Å². The number of piperazine rings is 1. The number of nitrogens with one attached hydrogen (secondary N) is 1. The van der Waals surface area contributed by atoms with E-state index >= 15 is 0 Å². The third-order valence-electron chi connectivity index (χ3n) is 2.49. The lowest BCUT2D eigenvalue weighted by molar-refractivity contribution is 0.202. The van der Waals surface area contributed by atoms with Crippen LogP contribution >= 0.6 is 15.9 Å². The predicted octanol–water partition coefficient (Wildman–Crippen LogP) is 2.21. The zero-order valence-corrected chi connectivity index (χ0v) is 10.8. The first-order chi connectivity index (χ1) is 6.58. The molecule has 0 radical (unpaired) electrons. The largest absolute Gasteiger partial charge is 0.311 e. The van der Waals surface area contributed by atoms with Crippen molar-refractivity contribution in [2.24, 2.45) is 5.92 Å². The molecule has 0 saturated carbocycles. The Bertz CT molecular complexity index is 192. The second-order valence-electron chi connectivity index (χ2n) is 4.53. The molecule has 1 atom stereocenters. The summed E-state index contributed by atoms with van der Waals surface area (Å²) < 4.78 is 1.09. The molecule has 2 nitrogen and oxygen atoms in total. The molecule has 1 heterocycles. The molecule has 0 bridgehead atoms. The summed E-state index contributed by atoms with van der Waals surface area (Å²) in [5.41, 5.74) is 0. The molecule has 82 valence electrons. The van der Waals surface area contributed by atoms with Gasteiger partial charge in [0, 0.05) is 36.7 Å². The van der Waals surface area contributed by atoms with Crippen LogP contribution in [0.25, 0.3) is 0 Å². The lowest BCUT2D eigenvalue weighted by atomic mass is 10.0. The number of hydrogen-bond acceptors (Lipinski definition) is 2. The third kappa shape index (κ3) is 4.58. The van der Waals surface area contributed by atoms with Crippen LogP contribution in [0, 0.1) is 5.92 Å². The molecule has 0 aliphatic carbocycles. The van der Waals surface area contributed by atoms with Crippen LogP contribution in [-0.4, -0.2) is 37.1 Å². The number of halogens is 1. The van der Waals surface area contributed by atoms with E-state index in [0.29, 0.717) is 6.04 Å². The Morgan fingerprint density at radius 3 is 2.93 bits per heavy atom. The summed E-state index contributed by atoms with van der Waals surface area (Å²) in [6.07, 6.45) is 1.27. The summed E-state index contributed by atoms with van der Waals surface area (Å²) in [5.74, 6) is 0.777. The summed E-state index contributed by atoms with van der Waals surface area (Å²) in [5, 5.41) is 3.57. The Labute approximate surface area is 95.9 Å². The van der Waals surface area contributed by atoms with Gasteiger partial charge in [-0.1, -0.05) is 36.4 Å². The van der Waals surface area contributed by atoms with E-state index in [1.807, 2.05) is 0 Å². The van der Waals surface area contributed by atoms with Gasteiger partial charge in [-0.25, -0.2) is 0 Å². The van der Waals surface area contributed by atoms with Crippen LogP contribution < -0.4 is 5.32 Å². The molecule has 1 rings (SSSR count). The molecule has 1 saturated heterocycles. The molecule has 3 heteroatoms. The Morgan fingerprint density at radius 1 is 1.64 bits per heavy atom. The van der Waals surface area contributed by atoms with Crippen molar-refractivity contribution in [1.82, 2.24) is 10.2 Å². The van der Waals surface area contributed by atoms with Crippen LogP contribution in [0.2, 0.25) is 0 Å². The van der Waals surface area contributed by atoms with Crippen LogP contribution in [0.1, 0.15) is 20.3 Å². The van der Waals surface area contributed by atoms with E-state index in [-0.39, 0.29) is 0 Å². The normalized spacial score (nSPS) is 24.1. The van der Waals surface area contributed by atoms with Crippen molar-refractivity contribution in [2.75, 3.05) is 26.2 Å². The molecular weight excluding hydrogens is 240 g/mol. The lowest BCUT2D eigenvalue weighted by Crippen LogP contribution is -2.51. The molecule has 0 aromatic rings. The van der Waals surface area contributed by atoms with Gasteiger partial charge in [-0.05, 0) is 12.3 Å². The van der Waals surface area contributed by atoms with Crippen LogP contribution in [0.15, 0.2) is 11.1 Å². The minimum atomic E-state index is 0.663. The first kappa shape index (κ1) is 12.2. The molecule has 1 unspecified atom stereocenters. The van der Waals surface area contributed by atoms with Crippen molar-refractivity contribution in [3.8, 4) is 0 Å². The van der Waals surface area contributed by atoms with E-state index < -0.39 is 0 Å². The van der Waals surface area contributed by atoms with Gasteiger partial charge in [-0.2, -0.15) is 0 Å². The average Bonchev–Trinajstić information content (AvgIpc) is 2.01. The Hall–Kier alpha value is 0.140. The fourth-order valence-electron chi connectivity index (χ4n) is 2.01. The Kier molecular flexibility index (Phi) is 5.13. The molecule has 0 aromatic heterocycles. The highest BCUT2D eigenvalue weighted by Gasteiger charge is 2.19. The van der Waals surface area contributed by atoms with Crippen LogP contribution in [0.5, 0.6) is 0 Å². The topological polar surface area (TPSA) is 15.3 Å². The van der Waals surface area contributed by atoms with Crippen molar-refractivity contribution in [3.63, 3.8) is 0 Å². The van der Waals surface area contributed by atoms with Gasteiger partial charge >= 0.3 is 0 Å². The van der Waals surface area contributed by atoms with Crippen molar-refractivity contribution in [2.45, 2.75) is 26.3 Å². The molecule has 14 heavy (non-hydrogen) atoms. The third-order valence-corrected chi connectivity index (χ3v) is 2.74. The van der Waals surface area contributed by atoms with Gasteiger partial charge < -0.3 is 5.32 Å².